The molecule has 1 fully saturated rings. The molecule has 1 atom stereocenters. The number of carbonyl (C=O) groups excluding carboxylic acids is 1. The average Bonchev–Trinajstić information content (AvgIpc) is 2.51. The van der Waals surface area contributed by atoms with Gasteiger partial charge in [-0.25, -0.2) is 8.42 Å². The van der Waals surface area contributed by atoms with Crippen LogP contribution in [0.1, 0.15) is 37.0 Å². The summed E-state index contributed by atoms with van der Waals surface area (Å²) in [4.78, 5) is 14.7. The number of amides is 1. The second-order valence-electron chi connectivity index (χ2n) is 6.25. The molecule has 24 heavy (non-hydrogen) atoms. The quantitative estimate of drug-likeness (QED) is 0.770. The predicted octanol–water partition coefficient (Wildman–Crippen LogP) is 1.54. The van der Waals surface area contributed by atoms with Crippen LogP contribution in [-0.2, 0) is 10.0 Å². The average molecular weight is 353 g/mol. The lowest BCUT2D eigenvalue weighted by molar-refractivity contribution is 0.0949. The molecule has 1 aromatic carbocycles. The van der Waals surface area contributed by atoms with Gasteiger partial charge in [0.1, 0.15) is 0 Å². The Balaban J connectivity index is 1.97. The molecule has 134 valence electrons. The Labute approximate surface area is 144 Å². The second-order valence-corrected chi connectivity index (χ2v) is 8.19. The van der Waals surface area contributed by atoms with Gasteiger partial charge in [0.2, 0.25) is 10.0 Å². The number of carbonyl (C=O) groups is 1. The maximum absolute atomic E-state index is 12.4. The Kier molecular flexibility index (Phi) is 6.37. The first-order chi connectivity index (χ1) is 11.4. The largest absolute Gasteiger partial charge is 0.352 e. The molecule has 0 saturated carbocycles. The number of sulfonamides is 1. The van der Waals surface area contributed by atoms with E-state index in [1.807, 2.05) is 0 Å². The fourth-order valence-corrected chi connectivity index (χ4v) is 4.07. The van der Waals surface area contributed by atoms with E-state index in [4.69, 9.17) is 0 Å². The molecule has 0 aromatic heterocycles. The van der Waals surface area contributed by atoms with E-state index in [0.717, 1.165) is 19.4 Å². The molecule has 6 nitrogen and oxygen atoms in total. The summed E-state index contributed by atoms with van der Waals surface area (Å²) in [6.45, 7) is 6.86. The van der Waals surface area contributed by atoms with E-state index >= 15 is 0 Å². The van der Waals surface area contributed by atoms with E-state index in [1.54, 1.807) is 18.2 Å². The Morgan fingerprint density at radius 1 is 1.38 bits per heavy atom. The van der Waals surface area contributed by atoms with Crippen molar-refractivity contribution in [2.24, 2.45) is 0 Å². The van der Waals surface area contributed by atoms with Crippen LogP contribution >= 0.6 is 0 Å². The maximum Gasteiger partial charge on any atom is 0.251 e. The Bertz CT molecular complexity index is 671. The van der Waals surface area contributed by atoms with Gasteiger partial charge in [-0.3, -0.25) is 4.79 Å². The number of nitrogens with zero attached hydrogens (tertiary/aromatic N) is 2. The standard InChI is InChI=1S/C17H27N3O3S/c1-4-19(3)14(2)9-10-18-17(21)15-7-5-8-16(13-15)24(22,23)20-11-6-12-20/h5,7-8,13-14H,4,6,9-12H2,1-3H3,(H,18,21)/t14-/m1/s1. The SMILES string of the molecule is CCN(C)[C@H](C)CCNC(=O)c1cccc(S(=O)(=O)N2CCC2)c1. The van der Waals surface area contributed by atoms with Crippen LogP contribution in [0.25, 0.3) is 0 Å². The third-order valence-corrected chi connectivity index (χ3v) is 6.54. The molecule has 2 rings (SSSR count). The molecule has 1 N–H and O–H groups in total. The van der Waals surface area contributed by atoms with Gasteiger partial charge in [-0.1, -0.05) is 13.0 Å². The smallest absolute Gasteiger partial charge is 0.251 e. The van der Waals surface area contributed by atoms with Crippen molar-refractivity contribution < 1.29 is 13.2 Å². The summed E-state index contributed by atoms with van der Waals surface area (Å²) in [5.74, 6) is -0.234. The molecule has 1 aromatic rings. The zero-order valence-corrected chi connectivity index (χ0v) is 15.5. The molecule has 1 heterocycles. The van der Waals surface area contributed by atoms with Gasteiger partial charge < -0.3 is 10.2 Å². The van der Waals surface area contributed by atoms with Gasteiger partial charge in [0, 0.05) is 31.2 Å². The van der Waals surface area contributed by atoms with E-state index in [0.29, 0.717) is 31.2 Å². The summed E-state index contributed by atoms with van der Waals surface area (Å²) < 4.78 is 26.2. The summed E-state index contributed by atoms with van der Waals surface area (Å²) in [5.41, 5.74) is 0.382. The van der Waals surface area contributed by atoms with Crippen LogP contribution in [0.3, 0.4) is 0 Å². The normalized spacial score (nSPS) is 16.7. The second kappa shape index (κ2) is 8.09. The molecule has 0 spiro atoms. The number of hydrogen-bond donors (Lipinski definition) is 1. The highest BCUT2D eigenvalue weighted by Crippen LogP contribution is 2.21. The van der Waals surface area contributed by atoms with Gasteiger partial charge in [-0.2, -0.15) is 4.31 Å². The number of rotatable bonds is 8. The summed E-state index contributed by atoms with van der Waals surface area (Å²) in [5, 5.41) is 2.87. The van der Waals surface area contributed by atoms with Crippen molar-refractivity contribution in [2.45, 2.75) is 37.6 Å². The summed E-state index contributed by atoms with van der Waals surface area (Å²) in [6.07, 6.45) is 1.74. The van der Waals surface area contributed by atoms with Crippen LogP contribution in [0.5, 0.6) is 0 Å². The highest BCUT2D eigenvalue weighted by molar-refractivity contribution is 7.89. The lowest BCUT2D eigenvalue weighted by atomic mass is 10.2. The van der Waals surface area contributed by atoms with Crippen molar-refractivity contribution in [3.05, 3.63) is 29.8 Å². The van der Waals surface area contributed by atoms with Crippen LogP contribution in [0.2, 0.25) is 0 Å². The van der Waals surface area contributed by atoms with Gasteiger partial charge in [0.05, 0.1) is 4.90 Å². The van der Waals surface area contributed by atoms with Crippen molar-refractivity contribution in [1.82, 2.24) is 14.5 Å². The number of benzene rings is 1. The fraction of sp³-hybridized carbons (Fsp3) is 0.588. The topological polar surface area (TPSA) is 69.7 Å². The Morgan fingerprint density at radius 2 is 2.08 bits per heavy atom. The minimum absolute atomic E-state index is 0.189. The maximum atomic E-state index is 12.4. The van der Waals surface area contributed by atoms with Gasteiger partial charge >= 0.3 is 0 Å². The zero-order chi connectivity index (χ0) is 17.7. The van der Waals surface area contributed by atoms with Crippen LogP contribution in [0, 0.1) is 0 Å². The van der Waals surface area contributed by atoms with Crippen molar-refractivity contribution >= 4 is 15.9 Å². The minimum atomic E-state index is -3.46. The summed E-state index contributed by atoms with van der Waals surface area (Å²) >= 11 is 0. The van der Waals surface area contributed by atoms with E-state index in [9.17, 15) is 13.2 Å². The first kappa shape index (κ1) is 18.9. The van der Waals surface area contributed by atoms with Gasteiger partial charge in [-0.05, 0) is 51.6 Å². The molecule has 0 aliphatic carbocycles. The van der Waals surface area contributed by atoms with E-state index in [-0.39, 0.29) is 10.8 Å². The zero-order valence-electron chi connectivity index (χ0n) is 14.7. The molecule has 1 aliphatic rings. The third-order valence-electron chi connectivity index (χ3n) is 4.65. The third kappa shape index (κ3) is 4.34. The highest BCUT2D eigenvalue weighted by atomic mass is 32.2. The Morgan fingerprint density at radius 3 is 2.67 bits per heavy atom. The van der Waals surface area contributed by atoms with Crippen molar-refractivity contribution in [1.29, 1.82) is 0 Å². The van der Waals surface area contributed by atoms with E-state index in [2.05, 4.69) is 31.1 Å². The summed E-state index contributed by atoms with van der Waals surface area (Å²) in [7, 11) is -1.41. The highest BCUT2D eigenvalue weighted by Gasteiger charge is 2.29. The lowest BCUT2D eigenvalue weighted by Gasteiger charge is -2.29. The van der Waals surface area contributed by atoms with Crippen molar-refractivity contribution in [2.75, 3.05) is 33.2 Å². The Hall–Kier alpha value is -1.44. The van der Waals surface area contributed by atoms with Crippen LogP contribution < -0.4 is 5.32 Å². The monoisotopic (exact) mass is 353 g/mol. The fourth-order valence-electron chi connectivity index (χ4n) is 2.50. The molecule has 1 aliphatic heterocycles. The van der Waals surface area contributed by atoms with Crippen LogP contribution in [0.4, 0.5) is 0 Å². The van der Waals surface area contributed by atoms with Gasteiger partial charge in [0.25, 0.3) is 5.91 Å². The van der Waals surface area contributed by atoms with Crippen LogP contribution in [0.15, 0.2) is 29.2 Å². The molecule has 0 bridgehead atoms. The minimum Gasteiger partial charge on any atom is -0.352 e. The van der Waals surface area contributed by atoms with Crippen molar-refractivity contribution in [3.8, 4) is 0 Å². The molecular formula is C17H27N3O3S. The number of hydrogen-bond acceptors (Lipinski definition) is 4. The molecule has 0 radical (unpaired) electrons. The number of nitrogens with one attached hydrogen (secondary N) is 1. The molecular weight excluding hydrogens is 326 g/mol. The van der Waals surface area contributed by atoms with Gasteiger partial charge in [-0.15, -0.1) is 0 Å². The lowest BCUT2D eigenvalue weighted by Crippen LogP contribution is -2.42. The van der Waals surface area contributed by atoms with Crippen LogP contribution in [-0.4, -0.2) is 62.8 Å². The first-order valence-corrected chi connectivity index (χ1v) is 9.89. The van der Waals surface area contributed by atoms with E-state index < -0.39 is 10.0 Å². The van der Waals surface area contributed by atoms with Gasteiger partial charge in [0.15, 0.2) is 0 Å². The molecule has 0 unspecified atom stereocenters. The molecule has 1 saturated heterocycles. The molecule has 7 heteroatoms. The first-order valence-electron chi connectivity index (χ1n) is 8.45. The predicted molar refractivity (Wildman–Crippen MR) is 94.5 cm³/mol. The van der Waals surface area contributed by atoms with Crippen molar-refractivity contribution in [3.63, 3.8) is 0 Å². The van der Waals surface area contributed by atoms with E-state index in [1.165, 1.54) is 10.4 Å². The summed E-state index contributed by atoms with van der Waals surface area (Å²) in [6, 6.07) is 6.66. The molecule has 1 amide bonds.